The zero-order valence-electron chi connectivity index (χ0n) is 12.7. The molecule has 1 fully saturated rings. The van der Waals surface area contributed by atoms with Crippen molar-refractivity contribution in [3.05, 3.63) is 35.4 Å². The van der Waals surface area contributed by atoms with E-state index in [2.05, 4.69) is 50.4 Å². The fourth-order valence-electron chi connectivity index (χ4n) is 3.20. The summed E-state index contributed by atoms with van der Waals surface area (Å²) in [7, 11) is 2.03. The minimum atomic E-state index is -0.191. The molecule has 2 heteroatoms. The smallest absolute Gasteiger partial charge is 0.0820 e. The normalized spacial score (nSPS) is 18.1. The quantitative estimate of drug-likeness (QED) is 0.834. The van der Waals surface area contributed by atoms with Crippen LogP contribution in [0.1, 0.15) is 63.1 Å². The number of rotatable bonds is 6. The van der Waals surface area contributed by atoms with Gasteiger partial charge in [-0.15, -0.1) is 0 Å². The highest BCUT2D eigenvalue weighted by Gasteiger charge is 2.33. The van der Waals surface area contributed by atoms with Crippen LogP contribution < -0.4 is 5.32 Å². The average Bonchev–Trinajstić information content (AvgIpc) is 2.29. The Morgan fingerprint density at radius 3 is 2.53 bits per heavy atom. The minimum Gasteiger partial charge on any atom is -0.374 e. The van der Waals surface area contributed by atoms with Crippen molar-refractivity contribution in [1.82, 2.24) is 5.32 Å². The molecule has 19 heavy (non-hydrogen) atoms. The lowest BCUT2D eigenvalue weighted by Crippen LogP contribution is -2.41. The molecule has 1 aromatic rings. The number of likely N-dealkylation sites (N-methyl/N-ethyl adjacent to an activating group) is 1. The molecule has 2 nitrogen and oxygen atoms in total. The molecule has 2 rings (SSSR count). The molecule has 106 valence electrons. The van der Waals surface area contributed by atoms with E-state index < -0.39 is 0 Å². The fourth-order valence-corrected chi connectivity index (χ4v) is 3.20. The molecule has 0 aromatic heterocycles. The SMILES string of the molecule is CCOC(C)(C)C(NC)c1ccccc1C1CCC1. The van der Waals surface area contributed by atoms with Gasteiger partial charge < -0.3 is 10.1 Å². The second-order valence-electron chi connectivity index (χ2n) is 6.01. The van der Waals surface area contributed by atoms with Crippen LogP contribution in [0.2, 0.25) is 0 Å². The van der Waals surface area contributed by atoms with Gasteiger partial charge in [0.1, 0.15) is 0 Å². The summed E-state index contributed by atoms with van der Waals surface area (Å²) in [5.74, 6) is 0.754. The highest BCUT2D eigenvalue weighted by atomic mass is 16.5. The maximum Gasteiger partial charge on any atom is 0.0820 e. The van der Waals surface area contributed by atoms with Gasteiger partial charge in [-0.25, -0.2) is 0 Å². The van der Waals surface area contributed by atoms with Crippen molar-refractivity contribution in [3.8, 4) is 0 Å². The van der Waals surface area contributed by atoms with Gasteiger partial charge in [-0.1, -0.05) is 30.7 Å². The molecule has 0 bridgehead atoms. The highest BCUT2D eigenvalue weighted by Crippen LogP contribution is 2.41. The van der Waals surface area contributed by atoms with Gasteiger partial charge in [-0.05, 0) is 57.7 Å². The number of ether oxygens (including phenoxy) is 1. The molecule has 1 unspecified atom stereocenters. The van der Waals surface area contributed by atoms with Crippen LogP contribution in [-0.4, -0.2) is 19.3 Å². The summed E-state index contributed by atoms with van der Waals surface area (Å²) in [4.78, 5) is 0. The average molecular weight is 261 g/mol. The Morgan fingerprint density at radius 1 is 1.32 bits per heavy atom. The van der Waals surface area contributed by atoms with Gasteiger partial charge in [0.2, 0.25) is 0 Å². The predicted octanol–water partition coefficient (Wildman–Crippen LogP) is 4.03. The van der Waals surface area contributed by atoms with Crippen LogP contribution in [0.3, 0.4) is 0 Å². The second-order valence-corrected chi connectivity index (χ2v) is 6.01. The zero-order chi connectivity index (χ0) is 13.9. The van der Waals surface area contributed by atoms with Crippen LogP contribution in [0.15, 0.2) is 24.3 Å². The lowest BCUT2D eigenvalue weighted by atomic mass is 9.75. The monoisotopic (exact) mass is 261 g/mol. The van der Waals surface area contributed by atoms with Crippen molar-refractivity contribution >= 4 is 0 Å². The summed E-state index contributed by atoms with van der Waals surface area (Å²) < 4.78 is 5.96. The van der Waals surface area contributed by atoms with E-state index in [1.165, 1.54) is 30.4 Å². The van der Waals surface area contributed by atoms with E-state index in [0.29, 0.717) is 0 Å². The van der Waals surface area contributed by atoms with Crippen LogP contribution in [0.25, 0.3) is 0 Å². The maximum atomic E-state index is 5.96. The number of benzene rings is 1. The molecular formula is C17H27NO. The second kappa shape index (κ2) is 6.06. The first-order chi connectivity index (χ1) is 9.10. The molecule has 0 aliphatic heterocycles. The van der Waals surface area contributed by atoms with Crippen molar-refractivity contribution in [2.24, 2.45) is 0 Å². The Kier molecular flexibility index (Phi) is 4.64. The molecule has 0 radical (unpaired) electrons. The third kappa shape index (κ3) is 3.01. The molecule has 0 heterocycles. The number of hydrogen-bond donors (Lipinski definition) is 1. The van der Waals surface area contributed by atoms with Crippen LogP contribution in [0.4, 0.5) is 0 Å². The summed E-state index contributed by atoms with van der Waals surface area (Å²) in [6, 6.07) is 9.10. The van der Waals surface area contributed by atoms with Gasteiger partial charge in [0.25, 0.3) is 0 Å². The number of hydrogen-bond acceptors (Lipinski definition) is 2. The molecule has 0 saturated heterocycles. The molecule has 1 N–H and O–H groups in total. The van der Waals surface area contributed by atoms with Gasteiger partial charge in [-0.3, -0.25) is 0 Å². The lowest BCUT2D eigenvalue weighted by Gasteiger charge is -2.37. The van der Waals surface area contributed by atoms with E-state index in [-0.39, 0.29) is 11.6 Å². The summed E-state index contributed by atoms with van der Waals surface area (Å²) in [5, 5.41) is 3.46. The first kappa shape index (κ1) is 14.5. The topological polar surface area (TPSA) is 21.3 Å². The molecule has 1 atom stereocenters. The third-order valence-corrected chi connectivity index (χ3v) is 4.35. The Morgan fingerprint density at radius 2 is 2.00 bits per heavy atom. The van der Waals surface area contributed by atoms with E-state index in [4.69, 9.17) is 4.74 Å². The van der Waals surface area contributed by atoms with Gasteiger partial charge in [0, 0.05) is 6.61 Å². The lowest BCUT2D eigenvalue weighted by molar-refractivity contribution is -0.0378. The summed E-state index contributed by atoms with van der Waals surface area (Å²) >= 11 is 0. The molecule has 1 aliphatic rings. The molecule has 0 spiro atoms. The van der Waals surface area contributed by atoms with E-state index in [0.717, 1.165) is 12.5 Å². The molecule has 0 amide bonds. The highest BCUT2D eigenvalue weighted by molar-refractivity contribution is 5.35. The van der Waals surface area contributed by atoms with Crippen LogP contribution in [0.5, 0.6) is 0 Å². The van der Waals surface area contributed by atoms with Crippen LogP contribution >= 0.6 is 0 Å². The minimum absolute atomic E-state index is 0.191. The summed E-state index contributed by atoms with van der Waals surface area (Å²) in [5.41, 5.74) is 2.73. The van der Waals surface area contributed by atoms with Crippen molar-refractivity contribution in [2.75, 3.05) is 13.7 Å². The van der Waals surface area contributed by atoms with Gasteiger partial charge >= 0.3 is 0 Å². The standard InChI is InChI=1S/C17H27NO/c1-5-19-17(2,3)16(18-4)15-12-7-6-11-14(15)13-9-8-10-13/h6-7,11-13,16,18H,5,8-10H2,1-4H3. The van der Waals surface area contributed by atoms with Crippen LogP contribution in [0, 0.1) is 0 Å². The summed E-state index contributed by atoms with van der Waals surface area (Å²) in [6.07, 6.45) is 4.04. The Balaban J connectivity index is 2.32. The van der Waals surface area contributed by atoms with Gasteiger partial charge in [0.15, 0.2) is 0 Å². The number of nitrogens with one attached hydrogen (secondary N) is 1. The van der Waals surface area contributed by atoms with Crippen molar-refractivity contribution < 1.29 is 4.74 Å². The van der Waals surface area contributed by atoms with Crippen molar-refractivity contribution in [2.45, 2.75) is 57.6 Å². The molecule has 1 saturated carbocycles. The van der Waals surface area contributed by atoms with E-state index in [9.17, 15) is 0 Å². The first-order valence-electron chi connectivity index (χ1n) is 7.50. The fraction of sp³-hybridized carbons (Fsp3) is 0.647. The first-order valence-corrected chi connectivity index (χ1v) is 7.50. The Labute approximate surface area is 117 Å². The predicted molar refractivity (Wildman–Crippen MR) is 80.5 cm³/mol. The van der Waals surface area contributed by atoms with E-state index >= 15 is 0 Å². The van der Waals surface area contributed by atoms with Crippen molar-refractivity contribution in [1.29, 1.82) is 0 Å². The van der Waals surface area contributed by atoms with Gasteiger partial charge in [-0.2, -0.15) is 0 Å². The third-order valence-electron chi connectivity index (χ3n) is 4.35. The van der Waals surface area contributed by atoms with Crippen LogP contribution in [-0.2, 0) is 4.74 Å². The largest absolute Gasteiger partial charge is 0.374 e. The van der Waals surface area contributed by atoms with E-state index in [1.807, 2.05) is 7.05 Å². The molecular weight excluding hydrogens is 234 g/mol. The van der Waals surface area contributed by atoms with E-state index in [1.54, 1.807) is 0 Å². The maximum absolute atomic E-state index is 5.96. The molecule has 1 aliphatic carbocycles. The molecule has 1 aromatic carbocycles. The summed E-state index contributed by atoms with van der Waals surface area (Å²) in [6.45, 7) is 7.16. The van der Waals surface area contributed by atoms with Gasteiger partial charge in [0.05, 0.1) is 11.6 Å². The Hall–Kier alpha value is -0.860. The zero-order valence-corrected chi connectivity index (χ0v) is 12.7. The Bertz CT molecular complexity index is 409. The van der Waals surface area contributed by atoms with Crippen molar-refractivity contribution in [3.63, 3.8) is 0 Å².